The zero-order valence-corrected chi connectivity index (χ0v) is 13.6. The molecule has 1 amide bonds. The molecule has 0 bridgehead atoms. The number of amides is 1. The molecule has 1 atom stereocenters. The minimum atomic E-state index is -0.977. The predicted octanol–water partition coefficient (Wildman–Crippen LogP) is 1.64. The average Bonchev–Trinajstić information content (AvgIpc) is 2.33. The summed E-state index contributed by atoms with van der Waals surface area (Å²) >= 11 is 0. The summed E-state index contributed by atoms with van der Waals surface area (Å²) in [4.78, 5) is 23.5. The van der Waals surface area contributed by atoms with Crippen LogP contribution in [0.3, 0.4) is 0 Å². The van der Waals surface area contributed by atoms with E-state index in [2.05, 4.69) is 5.32 Å². The molecule has 0 aliphatic heterocycles. The van der Waals surface area contributed by atoms with Gasteiger partial charge >= 0.3 is 5.97 Å². The summed E-state index contributed by atoms with van der Waals surface area (Å²) in [6.07, 6.45) is 1.60. The Morgan fingerprint density at radius 3 is 2.52 bits per heavy atom. The molecule has 0 aliphatic rings. The van der Waals surface area contributed by atoms with E-state index in [1.54, 1.807) is 30.5 Å². The van der Waals surface area contributed by atoms with Crippen LogP contribution in [0, 0.1) is 0 Å². The van der Waals surface area contributed by atoms with Crippen molar-refractivity contribution >= 4 is 22.7 Å². The van der Waals surface area contributed by atoms with Gasteiger partial charge in [-0.05, 0) is 38.5 Å². The van der Waals surface area contributed by atoms with Crippen LogP contribution in [0.2, 0.25) is 0 Å². The van der Waals surface area contributed by atoms with Crippen molar-refractivity contribution in [2.45, 2.75) is 32.1 Å². The van der Waals surface area contributed by atoms with Crippen molar-refractivity contribution in [1.29, 1.82) is 0 Å². The standard InChI is InChI=1S/C15H21NO4S/c1-15(2,3)16-13(17)9-20-14(18)12-7-5-6-11(8-12)10-21(4)19/h5-8H,9-10H2,1-4H3,(H,16,17). The molecular weight excluding hydrogens is 290 g/mol. The van der Waals surface area contributed by atoms with E-state index in [0.29, 0.717) is 11.3 Å². The number of rotatable bonds is 5. The number of nitrogens with one attached hydrogen (secondary N) is 1. The van der Waals surface area contributed by atoms with Crippen LogP contribution in [0.5, 0.6) is 0 Å². The zero-order valence-electron chi connectivity index (χ0n) is 12.8. The zero-order chi connectivity index (χ0) is 16.0. The van der Waals surface area contributed by atoms with Crippen LogP contribution < -0.4 is 5.32 Å². The van der Waals surface area contributed by atoms with E-state index in [1.807, 2.05) is 20.8 Å². The summed E-state index contributed by atoms with van der Waals surface area (Å²) in [5.41, 5.74) is 0.778. The molecule has 6 heteroatoms. The molecule has 0 radical (unpaired) electrons. The van der Waals surface area contributed by atoms with Crippen molar-refractivity contribution in [3.63, 3.8) is 0 Å². The molecule has 1 aromatic carbocycles. The Labute approximate surface area is 127 Å². The van der Waals surface area contributed by atoms with Crippen LogP contribution in [-0.4, -0.2) is 34.5 Å². The van der Waals surface area contributed by atoms with E-state index < -0.39 is 16.8 Å². The molecule has 116 valence electrons. The summed E-state index contributed by atoms with van der Waals surface area (Å²) in [6, 6.07) is 6.73. The monoisotopic (exact) mass is 311 g/mol. The fraction of sp³-hybridized carbons (Fsp3) is 0.467. The van der Waals surface area contributed by atoms with Gasteiger partial charge in [0.1, 0.15) is 0 Å². The highest BCUT2D eigenvalue weighted by Crippen LogP contribution is 2.09. The number of esters is 1. The van der Waals surface area contributed by atoms with Gasteiger partial charge in [-0.1, -0.05) is 12.1 Å². The molecule has 1 N–H and O–H groups in total. The fourth-order valence-corrected chi connectivity index (χ4v) is 2.34. The maximum absolute atomic E-state index is 11.9. The summed E-state index contributed by atoms with van der Waals surface area (Å²) in [5, 5.41) is 2.71. The van der Waals surface area contributed by atoms with Gasteiger partial charge in [0.25, 0.3) is 5.91 Å². The highest BCUT2D eigenvalue weighted by Gasteiger charge is 2.16. The Morgan fingerprint density at radius 2 is 1.95 bits per heavy atom. The Hall–Kier alpha value is -1.69. The van der Waals surface area contributed by atoms with Crippen molar-refractivity contribution in [2.24, 2.45) is 0 Å². The van der Waals surface area contributed by atoms with E-state index in [-0.39, 0.29) is 18.1 Å². The average molecular weight is 311 g/mol. The highest BCUT2D eigenvalue weighted by atomic mass is 32.2. The Bertz CT molecular complexity index is 549. The molecule has 5 nitrogen and oxygen atoms in total. The van der Waals surface area contributed by atoms with Crippen molar-refractivity contribution in [2.75, 3.05) is 12.9 Å². The van der Waals surface area contributed by atoms with Gasteiger partial charge in [-0.25, -0.2) is 4.79 Å². The second-order valence-corrected chi connectivity index (χ2v) is 7.23. The van der Waals surface area contributed by atoms with Crippen LogP contribution in [0.25, 0.3) is 0 Å². The van der Waals surface area contributed by atoms with E-state index >= 15 is 0 Å². The number of benzene rings is 1. The summed E-state index contributed by atoms with van der Waals surface area (Å²) in [6.45, 7) is 5.23. The van der Waals surface area contributed by atoms with Gasteiger partial charge in [-0.2, -0.15) is 0 Å². The number of carbonyl (C=O) groups excluding carboxylic acids is 2. The summed E-state index contributed by atoms with van der Waals surface area (Å²) in [5.74, 6) is -0.532. The first-order valence-electron chi connectivity index (χ1n) is 6.54. The lowest BCUT2D eigenvalue weighted by Crippen LogP contribution is -2.42. The normalized spacial score (nSPS) is 12.6. The van der Waals surface area contributed by atoms with Gasteiger partial charge in [0.2, 0.25) is 0 Å². The third-order valence-corrected chi connectivity index (χ3v) is 3.12. The first kappa shape index (κ1) is 17.4. The first-order chi connectivity index (χ1) is 9.67. The molecule has 0 saturated heterocycles. The largest absolute Gasteiger partial charge is 0.452 e. The molecule has 0 heterocycles. The number of ether oxygens (including phenoxy) is 1. The van der Waals surface area contributed by atoms with Crippen molar-refractivity contribution in [3.05, 3.63) is 35.4 Å². The molecule has 21 heavy (non-hydrogen) atoms. The van der Waals surface area contributed by atoms with Gasteiger partial charge < -0.3 is 10.1 Å². The van der Waals surface area contributed by atoms with Gasteiger partial charge in [0, 0.05) is 28.3 Å². The van der Waals surface area contributed by atoms with E-state index in [4.69, 9.17) is 4.74 Å². The Kier molecular flexibility index (Phi) is 6.08. The van der Waals surface area contributed by atoms with E-state index in [0.717, 1.165) is 5.56 Å². The van der Waals surface area contributed by atoms with E-state index in [1.165, 1.54) is 0 Å². The molecule has 0 saturated carbocycles. The Morgan fingerprint density at radius 1 is 1.29 bits per heavy atom. The SMILES string of the molecule is CS(=O)Cc1cccc(C(=O)OCC(=O)NC(C)(C)C)c1. The maximum Gasteiger partial charge on any atom is 0.338 e. The molecule has 0 aliphatic carbocycles. The van der Waals surface area contributed by atoms with Gasteiger partial charge in [-0.3, -0.25) is 9.00 Å². The lowest BCUT2D eigenvalue weighted by Gasteiger charge is -2.20. The second kappa shape index (κ2) is 7.36. The van der Waals surface area contributed by atoms with Crippen LogP contribution >= 0.6 is 0 Å². The molecule has 1 unspecified atom stereocenters. The van der Waals surface area contributed by atoms with Crippen LogP contribution in [-0.2, 0) is 26.1 Å². The molecule has 1 rings (SSSR count). The highest BCUT2D eigenvalue weighted by molar-refractivity contribution is 7.83. The fourth-order valence-electron chi connectivity index (χ4n) is 1.69. The quantitative estimate of drug-likeness (QED) is 0.839. The topological polar surface area (TPSA) is 72.5 Å². The second-order valence-electron chi connectivity index (χ2n) is 5.79. The predicted molar refractivity (Wildman–Crippen MR) is 82.4 cm³/mol. The summed E-state index contributed by atoms with van der Waals surface area (Å²) < 4.78 is 16.2. The first-order valence-corrected chi connectivity index (χ1v) is 8.27. The lowest BCUT2D eigenvalue weighted by atomic mass is 10.1. The smallest absolute Gasteiger partial charge is 0.338 e. The number of hydrogen-bond acceptors (Lipinski definition) is 4. The molecule has 1 aromatic rings. The maximum atomic E-state index is 11.9. The molecule has 0 spiro atoms. The van der Waals surface area contributed by atoms with Gasteiger partial charge in [0.05, 0.1) is 5.56 Å². The van der Waals surface area contributed by atoms with Crippen LogP contribution in [0.15, 0.2) is 24.3 Å². The molecule has 0 aromatic heterocycles. The molecular formula is C15H21NO4S. The van der Waals surface area contributed by atoms with Gasteiger partial charge in [0.15, 0.2) is 6.61 Å². The number of hydrogen-bond donors (Lipinski definition) is 1. The van der Waals surface area contributed by atoms with Gasteiger partial charge in [-0.15, -0.1) is 0 Å². The number of carbonyl (C=O) groups is 2. The van der Waals surface area contributed by atoms with Crippen molar-refractivity contribution < 1.29 is 18.5 Å². The molecule has 0 fully saturated rings. The minimum Gasteiger partial charge on any atom is -0.452 e. The Balaban J connectivity index is 2.60. The van der Waals surface area contributed by atoms with Crippen molar-refractivity contribution in [3.8, 4) is 0 Å². The van der Waals surface area contributed by atoms with Crippen LogP contribution in [0.4, 0.5) is 0 Å². The van der Waals surface area contributed by atoms with Crippen molar-refractivity contribution in [1.82, 2.24) is 5.32 Å². The van der Waals surface area contributed by atoms with Crippen LogP contribution in [0.1, 0.15) is 36.7 Å². The summed E-state index contributed by atoms with van der Waals surface area (Å²) in [7, 11) is -0.977. The van der Waals surface area contributed by atoms with E-state index in [9.17, 15) is 13.8 Å². The lowest BCUT2D eigenvalue weighted by molar-refractivity contribution is -0.125. The third kappa shape index (κ3) is 7.04. The minimum absolute atomic E-state index is 0.319. The third-order valence-electron chi connectivity index (χ3n) is 2.38.